The Morgan fingerprint density at radius 2 is 1.89 bits per heavy atom. The third-order valence-electron chi connectivity index (χ3n) is 5.92. The minimum atomic E-state index is -0.505. The number of rotatable bonds is 6. The summed E-state index contributed by atoms with van der Waals surface area (Å²) in [4.78, 5) is 39.8. The van der Waals surface area contributed by atoms with E-state index in [1.807, 2.05) is 0 Å². The summed E-state index contributed by atoms with van der Waals surface area (Å²) in [7, 11) is 0. The predicted molar refractivity (Wildman–Crippen MR) is 127 cm³/mol. The summed E-state index contributed by atoms with van der Waals surface area (Å²) < 4.78 is 24.4. The Bertz CT molecular complexity index is 1320. The Labute approximate surface area is 209 Å². The first-order chi connectivity index (χ1) is 17.5. The molecule has 2 N–H and O–H groups in total. The van der Waals surface area contributed by atoms with Crippen molar-refractivity contribution < 1.29 is 28.2 Å². The van der Waals surface area contributed by atoms with E-state index in [1.165, 1.54) is 11.0 Å². The second kappa shape index (κ2) is 10.3. The maximum absolute atomic E-state index is 13.8. The molecule has 0 radical (unpaired) electrons. The molecule has 36 heavy (non-hydrogen) atoms. The van der Waals surface area contributed by atoms with Crippen LogP contribution in [0.2, 0.25) is 0 Å². The van der Waals surface area contributed by atoms with Crippen LogP contribution in [-0.4, -0.2) is 52.7 Å². The Morgan fingerprint density at radius 3 is 2.75 bits per heavy atom. The van der Waals surface area contributed by atoms with Gasteiger partial charge in [0.15, 0.2) is 11.5 Å². The van der Waals surface area contributed by atoms with E-state index >= 15 is 0 Å². The van der Waals surface area contributed by atoms with Crippen molar-refractivity contribution in [2.24, 2.45) is 5.92 Å². The molecule has 5 rings (SSSR count). The van der Waals surface area contributed by atoms with Crippen LogP contribution in [0.4, 0.5) is 10.1 Å². The van der Waals surface area contributed by atoms with Crippen molar-refractivity contribution in [3.8, 4) is 11.5 Å². The fourth-order valence-electron chi connectivity index (χ4n) is 4.04. The number of amides is 3. The fourth-order valence-corrected chi connectivity index (χ4v) is 4.75. The number of ether oxygens (including phenoxy) is 2. The molecule has 2 aliphatic heterocycles. The number of likely N-dealkylation sites (tertiary alicyclic amines) is 1. The standard InChI is InChI=1S/C24H22FN5O5S/c25-17-6-2-1-4-14(17)11-26-20(31)15-5-3-9-30(12-15)24(33)23-29-28-22(36-23)21(32)27-16-7-8-18-19(10-16)35-13-34-18/h1-2,4,6-8,10,15H,3,5,9,11-13H2,(H,26,31)(H,27,32)/t15-/m1/s1. The highest BCUT2D eigenvalue weighted by molar-refractivity contribution is 7.15. The number of hydrogen-bond donors (Lipinski definition) is 2. The van der Waals surface area contributed by atoms with Crippen LogP contribution in [0.15, 0.2) is 42.5 Å². The van der Waals surface area contributed by atoms with Crippen molar-refractivity contribution in [3.63, 3.8) is 0 Å². The molecule has 186 valence electrons. The molecule has 0 saturated carbocycles. The van der Waals surface area contributed by atoms with E-state index in [0.717, 1.165) is 11.3 Å². The number of carbonyl (C=O) groups is 3. The van der Waals surface area contributed by atoms with Gasteiger partial charge in [-0.05, 0) is 31.0 Å². The summed E-state index contributed by atoms with van der Waals surface area (Å²) in [6.45, 7) is 0.877. The zero-order chi connectivity index (χ0) is 25.1. The molecule has 3 amide bonds. The minimum Gasteiger partial charge on any atom is -0.454 e. The number of hydrogen-bond acceptors (Lipinski definition) is 8. The molecule has 10 nitrogen and oxygen atoms in total. The zero-order valence-corrected chi connectivity index (χ0v) is 19.8. The molecular formula is C24H22FN5O5S. The van der Waals surface area contributed by atoms with E-state index in [2.05, 4.69) is 20.8 Å². The minimum absolute atomic E-state index is 0.0345. The van der Waals surface area contributed by atoms with Crippen LogP contribution < -0.4 is 20.1 Å². The summed E-state index contributed by atoms with van der Waals surface area (Å²) in [5.41, 5.74) is 0.891. The summed E-state index contributed by atoms with van der Waals surface area (Å²) in [5.74, 6) is -0.812. The monoisotopic (exact) mass is 511 g/mol. The molecule has 2 aliphatic rings. The highest BCUT2D eigenvalue weighted by Gasteiger charge is 2.31. The summed E-state index contributed by atoms with van der Waals surface area (Å²) in [6, 6.07) is 11.2. The van der Waals surface area contributed by atoms with Crippen molar-refractivity contribution in [2.45, 2.75) is 19.4 Å². The second-order valence-electron chi connectivity index (χ2n) is 8.33. The van der Waals surface area contributed by atoms with Gasteiger partial charge < -0.3 is 25.0 Å². The van der Waals surface area contributed by atoms with Gasteiger partial charge in [0.25, 0.3) is 11.8 Å². The number of halogens is 1. The molecule has 0 unspecified atom stereocenters. The van der Waals surface area contributed by atoms with Gasteiger partial charge in [-0.1, -0.05) is 29.5 Å². The zero-order valence-electron chi connectivity index (χ0n) is 19.0. The molecule has 1 aromatic heterocycles. The number of benzene rings is 2. The predicted octanol–water partition coefficient (Wildman–Crippen LogP) is 2.83. The molecule has 1 saturated heterocycles. The molecule has 0 spiro atoms. The van der Waals surface area contributed by atoms with Gasteiger partial charge >= 0.3 is 0 Å². The quantitative estimate of drug-likeness (QED) is 0.522. The number of anilines is 1. The van der Waals surface area contributed by atoms with Gasteiger partial charge in [-0.3, -0.25) is 14.4 Å². The lowest BCUT2D eigenvalue weighted by molar-refractivity contribution is -0.126. The van der Waals surface area contributed by atoms with Crippen LogP contribution in [-0.2, 0) is 11.3 Å². The SMILES string of the molecule is O=C(Nc1ccc2c(c1)OCO2)c1nnc(C(=O)N2CCC[C@@H](C(=O)NCc3ccccc3F)C2)s1. The van der Waals surface area contributed by atoms with Gasteiger partial charge in [0.1, 0.15) is 5.82 Å². The third kappa shape index (κ3) is 5.13. The summed E-state index contributed by atoms with van der Waals surface area (Å²) in [6.07, 6.45) is 1.26. The van der Waals surface area contributed by atoms with Crippen molar-refractivity contribution in [1.29, 1.82) is 0 Å². The maximum atomic E-state index is 13.8. The molecule has 3 heterocycles. The van der Waals surface area contributed by atoms with Gasteiger partial charge in [-0.15, -0.1) is 10.2 Å². The van der Waals surface area contributed by atoms with Gasteiger partial charge in [-0.25, -0.2) is 4.39 Å². The molecule has 0 aliphatic carbocycles. The number of nitrogens with one attached hydrogen (secondary N) is 2. The Hall–Kier alpha value is -4.06. The second-order valence-corrected chi connectivity index (χ2v) is 9.31. The van der Waals surface area contributed by atoms with Gasteiger partial charge in [-0.2, -0.15) is 0 Å². The van der Waals surface area contributed by atoms with Crippen LogP contribution in [0.1, 0.15) is 38.0 Å². The van der Waals surface area contributed by atoms with Crippen molar-refractivity contribution >= 4 is 34.7 Å². The Balaban J connectivity index is 1.17. The topological polar surface area (TPSA) is 123 Å². The first-order valence-electron chi connectivity index (χ1n) is 11.3. The lowest BCUT2D eigenvalue weighted by Crippen LogP contribution is -2.45. The number of piperidine rings is 1. The smallest absolute Gasteiger partial charge is 0.286 e. The van der Waals surface area contributed by atoms with Crippen LogP contribution >= 0.6 is 11.3 Å². The van der Waals surface area contributed by atoms with Crippen molar-refractivity contribution in [2.75, 3.05) is 25.2 Å². The van der Waals surface area contributed by atoms with Gasteiger partial charge in [0.2, 0.25) is 22.7 Å². The average Bonchev–Trinajstić information content (AvgIpc) is 3.57. The fraction of sp³-hybridized carbons (Fsp3) is 0.292. The lowest BCUT2D eigenvalue weighted by Gasteiger charge is -2.31. The summed E-state index contributed by atoms with van der Waals surface area (Å²) in [5, 5.41) is 13.3. The highest BCUT2D eigenvalue weighted by Crippen LogP contribution is 2.34. The number of carbonyl (C=O) groups excluding carboxylic acids is 3. The summed E-state index contributed by atoms with van der Waals surface area (Å²) >= 11 is 0.883. The van der Waals surface area contributed by atoms with Gasteiger partial charge in [0.05, 0.1) is 5.92 Å². The average molecular weight is 512 g/mol. The number of aromatic nitrogens is 2. The molecule has 1 atom stereocenters. The van der Waals surface area contributed by atoms with E-state index < -0.39 is 11.8 Å². The van der Waals surface area contributed by atoms with Crippen LogP contribution in [0.5, 0.6) is 11.5 Å². The third-order valence-corrected chi connectivity index (χ3v) is 6.83. The van der Waals surface area contributed by atoms with Crippen LogP contribution in [0, 0.1) is 11.7 Å². The largest absolute Gasteiger partial charge is 0.454 e. The van der Waals surface area contributed by atoms with E-state index in [0.29, 0.717) is 42.1 Å². The molecule has 1 fully saturated rings. The molecule has 2 aromatic carbocycles. The van der Waals surface area contributed by atoms with E-state index in [-0.39, 0.29) is 47.5 Å². The van der Waals surface area contributed by atoms with E-state index in [1.54, 1.807) is 36.4 Å². The molecule has 3 aromatic rings. The Morgan fingerprint density at radius 1 is 1.08 bits per heavy atom. The van der Waals surface area contributed by atoms with Crippen LogP contribution in [0.3, 0.4) is 0 Å². The lowest BCUT2D eigenvalue weighted by atomic mass is 9.97. The highest BCUT2D eigenvalue weighted by atomic mass is 32.1. The molecule has 12 heteroatoms. The van der Waals surface area contributed by atoms with Crippen LogP contribution in [0.25, 0.3) is 0 Å². The van der Waals surface area contributed by atoms with E-state index in [4.69, 9.17) is 9.47 Å². The van der Waals surface area contributed by atoms with Crippen molar-refractivity contribution in [3.05, 3.63) is 63.9 Å². The molecule has 0 bridgehead atoms. The molecular weight excluding hydrogens is 489 g/mol. The van der Waals surface area contributed by atoms with Crippen molar-refractivity contribution in [1.82, 2.24) is 20.4 Å². The Kier molecular flexibility index (Phi) is 6.76. The first kappa shape index (κ1) is 23.7. The normalized spacial score (nSPS) is 16.5. The number of nitrogens with zero attached hydrogens (tertiary/aromatic N) is 3. The van der Waals surface area contributed by atoms with E-state index in [9.17, 15) is 18.8 Å². The first-order valence-corrected chi connectivity index (χ1v) is 12.1. The van der Waals surface area contributed by atoms with Gasteiger partial charge in [0, 0.05) is 37.0 Å². The number of fused-ring (bicyclic) bond motifs is 1. The maximum Gasteiger partial charge on any atom is 0.286 e.